The van der Waals surface area contributed by atoms with Gasteiger partial charge in [0.1, 0.15) is 25.0 Å². The SMILES string of the molecule is CC(NCC1=Cc2cc(Cl)cc(Cl)c2OC1)c1ccc(-n2cncn2)cc1. The second-order valence-electron chi connectivity index (χ2n) is 6.43. The summed E-state index contributed by atoms with van der Waals surface area (Å²) in [5.74, 6) is 0.696. The summed E-state index contributed by atoms with van der Waals surface area (Å²) in [5, 5.41) is 8.82. The van der Waals surface area contributed by atoms with E-state index >= 15 is 0 Å². The molecule has 7 heteroatoms. The summed E-state index contributed by atoms with van der Waals surface area (Å²) in [4.78, 5) is 3.97. The molecule has 0 saturated carbocycles. The summed E-state index contributed by atoms with van der Waals surface area (Å²) >= 11 is 12.3. The molecule has 1 atom stereocenters. The van der Waals surface area contributed by atoms with Crippen molar-refractivity contribution < 1.29 is 4.74 Å². The maximum absolute atomic E-state index is 6.19. The standard InChI is InChI=1S/C20H18Cl2N4O/c1-13(15-2-4-18(5-3-15)26-12-23-11-25-26)24-9-14-6-16-7-17(21)8-19(22)20(16)27-10-14/h2-8,11-13,24H,9-10H2,1H3. The van der Waals surface area contributed by atoms with E-state index in [0.717, 1.165) is 23.4 Å². The number of hydrogen-bond donors (Lipinski definition) is 1. The molecule has 1 aliphatic rings. The number of halogens is 2. The molecule has 2 aromatic carbocycles. The molecule has 2 heterocycles. The van der Waals surface area contributed by atoms with Crippen molar-refractivity contribution in [1.82, 2.24) is 20.1 Å². The van der Waals surface area contributed by atoms with Crippen LogP contribution >= 0.6 is 23.2 Å². The van der Waals surface area contributed by atoms with E-state index in [1.807, 2.05) is 18.2 Å². The van der Waals surface area contributed by atoms with Crippen LogP contribution in [-0.4, -0.2) is 27.9 Å². The van der Waals surface area contributed by atoms with Crippen LogP contribution in [0.1, 0.15) is 24.1 Å². The Morgan fingerprint density at radius 2 is 2.04 bits per heavy atom. The second kappa shape index (κ2) is 7.72. The Hall–Kier alpha value is -2.34. The van der Waals surface area contributed by atoms with Crippen molar-refractivity contribution in [1.29, 1.82) is 0 Å². The van der Waals surface area contributed by atoms with Gasteiger partial charge in [0.05, 0.1) is 10.7 Å². The molecule has 3 aromatic rings. The van der Waals surface area contributed by atoms with Crippen molar-refractivity contribution in [2.75, 3.05) is 13.2 Å². The van der Waals surface area contributed by atoms with Crippen LogP contribution < -0.4 is 10.1 Å². The van der Waals surface area contributed by atoms with Crippen LogP contribution in [0.5, 0.6) is 5.75 Å². The first-order valence-corrected chi connectivity index (χ1v) is 9.35. The van der Waals surface area contributed by atoms with Crippen LogP contribution in [0.4, 0.5) is 0 Å². The average molecular weight is 401 g/mol. The Bertz CT molecular complexity index is 968. The highest BCUT2D eigenvalue weighted by Gasteiger charge is 2.16. The van der Waals surface area contributed by atoms with Gasteiger partial charge in [0.25, 0.3) is 0 Å². The van der Waals surface area contributed by atoms with E-state index < -0.39 is 0 Å². The zero-order chi connectivity index (χ0) is 18.8. The van der Waals surface area contributed by atoms with Gasteiger partial charge in [0, 0.05) is 23.2 Å². The van der Waals surface area contributed by atoms with Gasteiger partial charge in [0.15, 0.2) is 0 Å². The van der Waals surface area contributed by atoms with E-state index in [1.54, 1.807) is 17.1 Å². The van der Waals surface area contributed by atoms with Crippen molar-refractivity contribution in [3.05, 3.63) is 75.8 Å². The minimum atomic E-state index is 0.194. The molecular weight excluding hydrogens is 383 g/mol. The first kappa shape index (κ1) is 18.0. The molecule has 5 nitrogen and oxygen atoms in total. The van der Waals surface area contributed by atoms with Gasteiger partial charge >= 0.3 is 0 Å². The quantitative estimate of drug-likeness (QED) is 0.674. The van der Waals surface area contributed by atoms with Crippen LogP contribution in [0.2, 0.25) is 10.0 Å². The average Bonchev–Trinajstić information content (AvgIpc) is 3.20. The van der Waals surface area contributed by atoms with Gasteiger partial charge in [-0.3, -0.25) is 0 Å². The molecule has 0 fully saturated rings. The summed E-state index contributed by atoms with van der Waals surface area (Å²) < 4.78 is 7.54. The Morgan fingerprint density at radius 3 is 2.78 bits per heavy atom. The van der Waals surface area contributed by atoms with Crippen LogP contribution in [0, 0.1) is 0 Å². The van der Waals surface area contributed by atoms with Gasteiger partial charge in [-0.1, -0.05) is 35.3 Å². The smallest absolute Gasteiger partial charge is 0.145 e. The van der Waals surface area contributed by atoms with E-state index in [0.29, 0.717) is 22.4 Å². The highest BCUT2D eigenvalue weighted by Crippen LogP contribution is 2.36. The first-order valence-electron chi connectivity index (χ1n) is 8.60. The van der Waals surface area contributed by atoms with Crippen molar-refractivity contribution in [3.8, 4) is 11.4 Å². The third-order valence-electron chi connectivity index (χ3n) is 4.51. The molecule has 0 amide bonds. The van der Waals surface area contributed by atoms with E-state index in [-0.39, 0.29) is 6.04 Å². The fourth-order valence-electron chi connectivity index (χ4n) is 3.03. The number of rotatable bonds is 5. The van der Waals surface area contributed by atoms with Crippen molar-refractivity contribution in [3.63, 3.8) is 0 Å². The molecule has 0 bridgehead atoms. The molecule has 0 radical (unpaired) electrons. The van der Waals surface area contributed by atoms with Gasteiger partial charge in [-0.2, -0.15) is 5.10 Å². The predicted octanol–water partition coefficient (Wildman–Crippen LogP) is 4.70. The summed E-state index contributed by atoms with van der Waals surface area (Å²) in [7, 11) is 0. The maximum Gasteiger partial charge on any atom is 0.145 e. The van der Waals surface area contributed by atoms with E-state index in [1.165, 1.54) is 11.9 Å². The molecular formula is C20H18Cl2N4O. The summed E-state index contributed by atoms with van der Waals surface area (Å²) in [6, 6.07) is 12.0. The highest BCUT2D eigenvalue weighted by molar-refractivity contribution is 6.36. The lowest BCUT2D eigenvalue weighted by Gasteiger charge is -2.21. The second-order valence-corrected chi connectivity index (χ2v) is 7.28. The molecule has 138 valence electrons. The normalized spacial score (nSPS) is 14.3. The van der Waals surface area contributed by atoms with Crippen LogP contribution in [-0.2, 0) is 0 Å². The number of fused-ring (bicyclic) bond motifs is 1. The zero-order valence-electron chi connectivity index (χ0n) is 14.7. The molecule has 0 saturated heterocycles. The van der Waals surface area contributed by atoms with Crippen molar-refractivity contribution in [2.45, 2.75) is 13.0 Å². The fraction of sp³-hybridized carbons (Fsp3) is 0.200. The van der Waals surface area contributed by atoms with Gasteiger partial charge in [0.2, 0.25) is 0 Å². The molecule has 0 aliphatic carbocycles. The van der Waals surface area contributed by atoms with Crippen molar-refractivity contribution >= 4 is 29.3 Å². The number of benzene rings is 2. The van der Waals surface area contributed by atoms with Gasteiger partial charge in [-0.05, 0) is 48.4 Å². The number of ether oxygens (including phenoxy) is 1. The Morgan fingerprint density at radius 1 is 1.22 bits per heavy atom. The van der Waals surface area contributed by atoms with E-state index in [2.05, 4.69) is 40.5 Å². The van der Waals surface area contributed by atoms with Crippen LogP contribution in [0.3, 0.4) is 0 Å². The van der Waals surface area contributed by atoms with Crippen LogP contribution in [0.25, 0.3) is 11.8 Å². The van der Waals surface area contributed by atoms with Crippen molar-refractivity contribution in [2.24, 2.45) is 0 Å². The summed E-state index contributed by atoms with van der Waals surface area (Å²) in [6.07, 6.45) is 5.29. The predicted molar refractivity (Wildman–Crippen MR) is 108 cm³/mol. The topological polar surface area (TPSA) is 52.0 Å². The number of hydrogen-bond acceptors (Lipinski definition) is 4. The number of nitrogens with one attached hydrogen (secondary N) is 1. The zero-order valence-corrected chi connectivity index (χ0v) is 16.2. The Kier molecular flexibility index (Phi) is 5.16. The van der Waals surface area contributed by atoms with Crippen LogP contribution in [0.15, 0.2) is 54.6 Å². The third kappa shape index (κ3) is 4.00. The molecule has 0 spiro atoms. The van der Waals surface area contributed by atoms with Gasteiger partial charge in [-0.15, -0.1) is 0 Å². The highest BCUT2D eigenvalue weighted by atomic mass is 35.5. The molecule has 27 heavy (non-hydrogen) atoms. The number of nitrogens with zero attached hydrogens (tertiary/aromatic N) is 3. The molecule has 4 rings (SSSR count). The fourth-order valence-corrected chi connectivity index (χ4v) is 3.59. The molecule has 1 N–H and O–H groups in total. The monoisotopic (exact) mass is 400 g/mol. The maximum atomic E-state index is 6.19. The largest absolute Gasteiger partial charge is 0.487 e. The first-order chi connectivity index (χ1) is 13.1. The van der Waals surface area contributed by atoms with E-state index in [4.69, 9.17) is 27.9 Å². The third-order valence-corrected chi connectivity index (χ3v) is 5.01. The van der Waals surface area contributed by atoms with E-state index in [9.17, 15) is 0 Å². The Labute approximate surface area is 167 Å². The number of aromatic nitrogens is 3. The minimum absolute atomic E-state index is 0.194. The summed E-state index contributed by atoms with van der Waals surface area (Å²) in [6.45, 7) is 3.37. The lowest BCUT2D eigenvalue weighted by atomic mass is 10.1. The Balaban J connectivity index is 1.42. The minimum Gasteiger partial charge on any atom is -0.487 e. The molecule has 1 aromatic heterocycles. The molecule has 1 unspecified atom stereocenters. The van der Waals surface area contributed by atoms with Gasteiger partial charge < -0.3 is 10.1 Å². The summed E-state index contributed by atoms with van der Waals surface area (Å²) in [5.41, 5.74) is 4.24. The lowest BCUT2D eigenvalue weighted by molar-refractivity contribution is 0.342. The van der Waals surface area contributed by atoms with Gasteiger partial charge in [-0.25, -0.2) is 9.67 Å². The molecule has 1 aliphatic heterocycles. The lowest BCUT2D eigenvalue weighted by Crippen LogP contribution is -2.24.